The number of carbonyl (C=O) groups excluding carboxylic acids is 1. The molecular weight excluding hydrogens is 404 g/mol. The summed E-state index contributed by atoms with van der Waals surface area (Å²) in [7, 11) is 3.80. The van der Waals surface area contributed by atoms with Crippen LogP contribution < -0.4 is 14.7 Å². The van der Waals surface area contributed by atoms with Gasteiger partial charge in [0.1, 0.15) is 12.1 Å². The maximum absolute atomic E-state index is 12.9. The summed E-state index contributed by atoms with van der Waals surface area (Å²) in [5, 5.41) is 9.35. The van der Waals surface area contributed by atoms with Gasteiger partial charge < -0.3 is 19.6 Å². The molecule has 0 spiro atoms. The Kier molecular flexibility index (Phi) is 5.46. The van der Waals surface area contributed by atoms with Gasteiger partial charge in [-0.25, -0.2) is 9.97 Å². The maximum atomic E-state index is 12.9. The topological polar surface area (TPSA) is 81.6 Å². The first-order chi connectivity index (χ1) is 15.6. The Bertz CT molecular complexity index is 1100. The van der Waals surface area contributed by atoms with Crippen LogP contribution in [0.1, 0.15) is 23.3 Å². The predicted molar refractivity (Wildman–Crippen MR) is 125 cm³/mol. The Morgan fingerprint density at radius 2 is 1.66 bits per heavy atom. The molecule has 2 aliphatic heterocycles. The number of hydrogen-bond donors (Lipinski definition) is 0. The van der Waals surface area contributed by atoms with E-state index in [-0.39, 0.29) is 5.91 Å². The molecule has 1 amide bonds. The van der Waals surface area contributed by atoms with E-state index in [4.69, 9.17) is 0 Å². The van der Waals surface area contributed by atoms with E-state index in [1.165, 1.54) is 12.8 Å². The Labute approximate surface area is 187 Å². The molecule has 2 aliphatic rings. The molecule has 0 aliphatic carbocycles. The largest absolute Gasteiger partial charge is 0.368 e. The van der Waals surface area contributed by atoms with Gasteiger partial charge >= 0.3 is 0 Å². The van der Waals surface area contributed by atoms with Crippen LogP contribution >= 0.6 is 0 Å². The summed E-state index contributed by atoms with van der Waals surface area (Å²) >= 11 is 0. The fraction of sp³-hybridized carbons (Fsp3) is 0.435. The summed E-state index contributed by atoms with van der Waals surface area (Å²) in [5.41, 5.74) is 2.51. The number of rotatable bonds is 4. The van der Waals surface area contributed by atoms with E-state index in [1.54, 1.807) is 12.4 Å². The van der Waals surface area contributed by atoms with Gasteiger partial charge in [0.05, 0.1) is 5.52 Å². The number of fused-ring (bicyclic) bond motifs is 1. The zero-order valence-corrected chi connectivity index (χ0v) is 18.6. The molecule has 2 aromatic heterocycles. The molecule has 2 saturated heterocycles. The van der Waals surface area contributed by atoms with Crippen LogP contribution in [0.2, 0.25) is 0 Å². The molecule has 32 heavy (non-hydrogen) atoms. The SMILES string of the molecule is CN(C)c1ccc(C(=O)N2CCN(c3ccc4ncnc(N5CCCC5)c4c3)CC2)nn1. The van der Waals surface area contributed by atoms with Crippen LogP contribution in [0.25, 0.3) is 10.9 Å². The summed E-state index contributed by atoms with van der Waals surface area (Å²) in [4.78, 5) is 30.3. The second-order valence-corrected chi connectivity index (χ2v) is 8.54. The minimum atomic E-state index is -0.0642. The first-order valence-corrected chi connectivity index (χ1v) is 11.1. The fourth-order valence-electron chi connectivity index (χ4n) is 4.42. The highest BCUT2D eigenvalue weighted by Gasteiger charge is 2.24. The normalized spacial score (nSPS) is 16.6. The number of piperazine rings is 1. The van der Waals surface area contributed by atoms with Gasteiger partial charge in [-0.2, -0.15) is 0 Å². The molecule has 0 saturated carbocycles. The van der Waals surface area contributed by atoms with E-state index in [0.29, 0.717) is 18.8 Å². The van der Waals surface area contributed by atoms with Crippen LogP contribution in [0.15, 0.2) is 36.7 Å². The molecule has 1 aromatic carbocycles. The summed E-state index contributed by atoms with van der Waals surface area (Å²) in [6, 6.07) is 9.97. The molecule has 0 unspecified atom stereocenters. The first-order valence-electron chi connectivity index (χ1n) is 11.1. The third-order valence-electron chi connectivity index (χ3n) is 6.26. The number of aromatic nitrogens is 4. The molecule has 0 N–H and O–H groups in total. The lowest BCUT2D eigenvalue weighted by Gasteiger charge is -2.36. The number of hydrogen-bond acceptors (Lipinski definition) is 8. The highest BCUT2D eigenvalue weighted by Crippen LogP contribution is 2.30. The number of benzene rings is 1. The second kappa shape index (κ2) is 8.57. The van der Waals surface area contributed by atoms with E-state index in [9.17, 15) is 4.79 Å². The Morgan fingerprint density at radius 1 is 0.875 bits per heavy atom. The number of nitrogens with zero attached hydrogens (tertiary/aromatic N) is 8. The molecule has 0 bridgehead atoms. The smallest absolute Gasteiger partial charge is 0.274 e. The molecule has 2 fully saturated rings. The lowest BCUT2D eigenvalue weighted by molar-refractivity contribution is 0.0739. The predicted octanol–water partition coefficient (Wildman–Crippen LogP) is 2.05. The minimum absolute atomic E-state index is 0.0642. The quantitative estimate of drug-likeness (QED) is 0.620. The summed E-state index contributed by atoms with van der Waals surface area (Å²) in [6.07, 6.45) is 4.08. The molecule has 9 heteroatoms. The average Bonchev–Trinajstić information content (AvgIpc) is 3.38. The van der Waals surface area contributed by atoms with Crippen molar-refractivity contribution in [3.05, 3.63) is 42.4 Å². The molecular formula is C23H28N8O. The van der Waals surface area contributed by atoms with Crippen molar-refractivity contribution in [3.8, 4) is 0 Å². The molecule has 166 valence electrons. The van der Waals surface area contributed by atoms with Crippen molar-refractivity contribution in [1.29, 1.82) is 0 Å². The lowest BCUT2D eigenvalue weighted by atomic mass is 10.1. The lowest BCUT2D eigenvalue weighted by Crippen LogP contribution is -2.49. The van der Waals surface area contributed by atoms with Crippen molar-refractivity contribution >= 4 is 34.1 Å². The summed E-state index contributed by atoms with van der Waals surface area (Å²) in [5.74, 6) is 1.70. The van der Waals surface area contributed by atoms with E-state index in [0.717, 1.165) is 54.4 Å². The third-order valence-corrected chi connectivity index (χ3v) is 6.26. The van der Waals surface area contributed by atoms with E-state index >= 15 is 0 Å². The Morgan fingerprint density at radius 3 is 2.34 bits per heavy atom. The van der Waals surface area contributed by atoms with Gasteiger partial charge in [-0.3, -0.25) is 4.79 Å². The van der Waals surface area contributed by atoms with Crippen LogP contribution in [0.3, 0.4) is 0 Å². The molecule has 5 rings (SSSR count). The third kappa shape index (κ3) is 3.90. The van der Waals surface area contributed by atoms with Gasteiger partial charge in [0, 0.05) is 64.4 Å². The monoisotopic (exact) mass is 432 g/mol. The van der Waals surface area contributed by atoms with E-state index in [1.807, 2.05) is 30.0 Å². The number of amides is 1. The molecule has 0 radical (unpaired) electrons. The van der Waals surface area contributed by atoms with Gasteiger partial charge in [0.2, 0.25) is 0 Å². The number of anilines is 3. The highest BCUT2D eigenvalue weighted by molar-refractivity contribution is 5.93. The van der Waals surface area contributed by atoms with Crippen LogP contribution in [0.5, 0.6) is 0 Å². The highest BCUT2D eigenvalue weighted by atomic mass is 16.2. The first kappa shape index (κ1) is 20.4. The molecule has 3 aromatic rings. The van der Waals surface area contributed by atoms with Gasteiger partial charge in [-0.1, -0.05) is 0 Å². The van der Waals surface area contributed by atoms with Crippen LogP contribution in [0.4, 0.5) is 17.3 Å². The second-order valence-electron chi connectivity index (χ2n) is 8.54. The Hall–Kier alpha value is -3.49. The summed E-state index contributed by atoms with van der Waals surface area (Å²) in [6.45, 7) is 4.95. The zero-order chi connectivity index (χ0) is 22.1. The molecule has 0 atom stereocenters. The van der Waals surface area contributed by atoms with Crippen molar-refractivity contribution in [2.24, 2.45) is 0 Å². The van der Waals surface area contributed by atoms with Crippen LogP contribution in [-0.4, -0.2) is 84.3 Å². The van der Waals surface area contributed by atoms with E-state index < -0.39 is 0 Å². The van der Waals surface area contributed by atoms with Crippen molar-refractivity contribution < 1.29 is 4.79 Å². The van der Waals surface area contributed by atoms with Gasteiger partial charge in [-0.05, 0) is 43.2 Å². The van der Waals surface area contributed by atoms with Crippen LogP contribution in [-0.2, 0) is 0 Å². The van der Waals surface area contributed by atoms with Crippen molar-refractivity contribution in [2.45, 2.75) is 12.8 Å². The maximum Gasteiger partial charge on any atom is 0.274 e. The van der Waals surface area contributed by atoms with Crippen molar-refractivity contribution in [1.82, 2.24) is 25.1 Å². The van der Waals surface area contributed by atoms with Gasteiger partial charge in [-0.15, -0.1) is 10.2 Å². The minimum Gasteiger partial charge on any atom is -0.368 e. The zero-order valence-electron chi connectivity index (χ0n) is 18.6. The van der Waals surface area contributed by atoms with Crippen molar-refractivity contribution in [2.75, 3.05) is 68.1 Å². The number of carbonyl (C=O) groups is 1. The average molecular weight is 433 g/mol. The van der Waals surface area contributed by atoms with Gasteiger partial charge in [0.25, 0.3) is 5.91 Å². The van der Waals surface area contributed by atoms with Gasteiger partial charge in [0.15, 0.2) is 11.5 Å². The molecule has 9 nitrogen and oxygen atoms in total. The Balaban J connectivity index is 1.29. The molecule has 4 heterocycles. The standard InChI is InChI=1S/C23H28N8O/c1-28(2)21-8-7-20(26-27-21)23(32)31-13-11-29(12-14-31)17-5-6-19-18(15-17)22(25-16-24-19)30-9-3-4-10-30/h5-8,15-16H,3-4,9-14H2,1-2H3. The fourth-order valence-corrected chi connectivity index (χ4v) is 4.42. The summed E-state index contributed by atoms with van der Waals surface area (Å²) < 4.78 is 0. The van der Waals surface area contributed by atoms with Crippen molar-refractivity contribution in [3.63, 3.8) is 0 Å². The van der Waals surface area contributed by atoms with Crippen LogP contribution in [0, 0.1) is 0 Å². The van der Waals surface area contributed by atoms with E-state index in [2.05, 4.69) is 48.2 Å².